The summed E-state index contributed by atoms with van der Waals surface area (Å²) in [7, 11) is 0. The molecule has 1 aliphatic heterocycles. The Morgan fingerprint density at radius 2 is 0.310 bits per heavy atom. The molecule has 0 spiro atoms. The van der Waals surface area contributed by atoms with Crippen molar-refractivity contribution in [3.63, 3.8) is 0 Å². The van der Waals surface area contributed by atoms with Crippen LogP contribution in [0.1, 0.15) is 6.92 Å². The van der Waals surface area contributed by atoms with E-state index < -0.39 is 54.9 Å². The lowest BCUT2D eigenvalue weighted by Gasteiger charge is -1.96. The van der Waals surface area contributed by atoms with Crippen LogP contribution in [0.5, 0.6) is 0 Å². The van der Waals surface area contributed by atoms with Crippen molar-refractivity contribution in [3.8, 4) is 0 Å². The van der Waals surface area contributed by atoms with E-state index in [1.807, 2.05) is 0 Å². The Balaban J connectivity index is -0.0000000658. The second-order valence-electron chi connectivity index (χ2n) is 10.3. The molecule has 1 fully saturated rings. The van der Waals surface area contributed by atoms with Crippen LogP contribution in [0.3, 0.4) is 0 Å². The lowest BCUT2D eigenvalue weighted by atomic mass is 10.4. The highest BCUT2D eigenvalue weighted by Gasteiger charge is 2.13. The molecule has 0 radical (unpaired) electrons. The molecular weight excluding hydrogens is 808 g/mol. The zero-order chi connectivity index (χ0) is 47.9. The quantitative estimate of drug-likeness (QED) is 0.0568. The molecule has 0 aromatic rings. The van der Waals surface area contributed by atoms with Crippen LogP contribution in [0.4, 0.5) is 0 Å². The van der Waals surface area contributed by atoms with Crippen molar-refractivity contribution >= 4 is 0 Å². The van der Waals surface area contributed by atoms with Gasteiger partial charge in [-0.15, -0.1) is 0 Å². The molecular formula is C30H78O28. The van der Waals surface area contributed by atoms with Gasteiger partial charge in [0.15, 0.2) is 0 Å². The standard InChI is InChI=1S/9C3H8O3.C3H6O/c9*4-1-3(6)2-5;1-3-2-4-3/h9*3-6H,1-2H2;3H,2H2,1H3. The van der Waals surface area contributed by atoms with Crippen molar-refractivity contribution in [1.82, 2.24) is 0 Å². The van der Waals surface area contributed by atoms with Gasteiger partial charge in [0.05, 0.1) is 132 Å². The van der Waals surface area contributed by atoms with E-state index in [4.69, 9.17) is 143 Å². The summed E-state index contributed by atoms with van der Waals surface area (Å²) in [5.41, 5.74) is 0. The highest BCUT2D eigenvalue weighted by atomic mass is 16.6. The van der Waals surface area contributed by atoms with Crippen LogP contribution in [-0.4, -0.2) is 324 Å². The maximum atomic E-state index is 8.17. The zero-order valence-electron chi connectivity index (χ0n) is 32.7. The fourth-order valence-electron chi connectivity index (χ4n) is 0.616. The number of hydrogen-bond donors (Lipinski definition) is 27. The number of hydrogen-bond acceptors (Lipinski definition) is 28. The highest BCUT2D eigenvalue weighted by molar-refractivity contribution is 4.58. The van der Waals surface area contributed by atoms with E-state index in [9.17, 15) is 0 Å². The maximum absolute atomic E-state index is 8.17. The van der Waals surface area contributed by atoms with Gasteiger partial charge in [0.2, 0.25) is 0 Å². The lowest BCUT2D eigenvalue weighted by molar-refractivity contribution is 0.0450. The number of aliphatic hydroxyl groups is 27. The smallest absolute Gasteiger partial charge is 0.100 e. The van der Waals surface area contributed by atoms with E-state index in [1.54, 1.807) is 0 Å². The lowest BCUT2D eigenvalue weighted by Crippen LogP contribution is -2.15. The summed E-state index contributed by atoms with van der Waals surface area (Å²) in [6.45, 7) is -3.52. The Bertz CT molecular complexity index is 440. The molecule has 1 saturated heterocycles. The zero-order valence-corrected chi connectivity index (χ0v) is 32.7. The van der Waals surface area contributed by atoms with Gasteiger partial charge in [-0.1, -0.05) is 0 Å². The van der Waals surface area contributed by atoms with Gasteiger partial charge in [-0.05, 0) is 6.92 Å². The Kier molecular flexibility index (Phi) is 94.1. The third-order valence-electron chi connectivity index (χ3n) is 4.29. The molecule has 1 heterocycles. The van der Waals surface area contributed by atoms with Crippen molar-refractivity contribution < 1.29 is 143 Å². The monoisotopic (exact) mass is 886 g/mol. The molecule has 0 bridgehead atoms. The summed E-state index contributed by atoms with van der Waals surface area (Å²) >= 11 is 0. The average Bonchev–Trinajstić information content (AvgIpc) is 4.09. The molecule has 0 saturated carbocycles. The SMILES string of the molecule is CC1CO1.OCC(O)CO.OCC(O)CO.OCC(O)CO.OCC(O)CO.OCC(O)CO.OCC(O)CO.OCC(O)CO.OCC(O)CO.OCC(O)CO. The van der Waals surface area contributed by atoms with Gasteiger partial charge >= 0.3 is 0 Å². The summed E-state index contributed by atoms with van der Waals surface area (Å²) in [6, 6.07) is 0. The van der Waals surface area contributed by atoms with Crippen LogP contribution >= 0.6 is 0 Å². The summed E-state index contributed by atoms with van der Waals surface area (Å²) < 4.78 is 4.71. The fraction of sp³-hybridized carbons (Fsp3) is 1.00. The summed E-state index contributed by atoms with van der Waals surface area (Å²) in [5.74, 6) is 0. The molecule has 1 atom stereocenters. The number of ether oxygens (including phenoxy) is 1. The first-order valence-corrected chi connectivity index (χ1v) is 16.9. The molecule has 58 heavy (non-hydrogen) atoms. The minimum absolute atomic E-state index is 0.365. The molecule has 28 nitrogen and oxygen atoms in total. The first-order valence-electron chi connectivity index (χ1n) is 16.9. The van der Waals surface area contributed by atoms with E-state index in [0.29, 0.717) is 6.10 Å². The maximum Gasteiger partial charge on any atom is 0.100 e. The summed E-state index contributed by atoms with van der Waals surface area (Å²) in [4.78, 5) is 0. The van der Waals surface area contributed by atoms with Crippen LogP contribution < -0.4 is 0 Å². The van der Waals surface area contributed by atoms with Crippen LogP contribution in [0, 0.1) is 0 Å². The van der Waals surface area contributed by atoms with Crippen LogP contribution in [0.25, 0.3) is 0 Å². The summed E-state index contributed by atoms with van der Waals surface area (Å²) in [5, 5.41) is 216. The predicted molar refractivity (Wildman–Crippen MR) is 197 cm³/mol. The molecule has 0 aromatic heterocycles. The molecule has 0 aliphatic carbocycles. The molecule has 366 valence electrons. The van der Waals surface area contributed by atoms with Gasteiger partial charge in [0.25, 0.3) is 0 Å². The van der Waals surface area contributed by atoms with Crippen molar-refractivity contribution in [1.29, 1.82) is 0 Å². The van der Waals surface area contributed by atoms with Crippen molar-refractivity contribution in [2.45, 2.75) is 68.0 Å². The van der Waals surface area contributed by atoms with Crippen LogP contribution in [0.15, 0.2) is 0 Å². The van der Waals surface area contributed by atoms with E-state index in [2.05, 4.69) is 6.92 Å². The van der Waals surface area contributed by atoms with E-state index in [-0.39, 0.29) is 119 Å². The van der Waals surface area contributed by atoms with Crippen LogP contribution in [0.2, 0.25) is 0 Å². The predicted octanol–water partition coefficient (Wildman–Crippen LogP) is -14.6. The topological polar surface area (TPSA) is 559 Å². The number of epoxide rings is 1. The Labute approximate surface area is 336 Å². The van der Waals surface area contributed by atoms with Gasteiger partial charge in [-0.3, -0.25) is 0 Å². The highest BCUT2D eigenvalue weighted by Crippen LogP contribution is 2.04. The normalized spacial score (nSPS) is 12.1. The minimum atomic E-state index is -0.954. The van der Waals surface area contributed by atoms with Gasteiger partial charge in [-0.25, -0.2) is 0 Å². The first kappa shape index (κ1) is 77.5. The minimum Gasteiger partial charge on any atom is -0.394 e. The summed E-state index contributed by atoms with van der Waals surface area (Å²) in [6.07, 6.45) is -8.00. The van der Waals surface area contributed by atoms with E-state index in [0.717, 1.165) is 6.61 Å². The molecule has 28 heteroatoms. The number of rotatable bonds is 18. The van der Waals surface area contributed by atoms with Crippen molar-refractivity contribution in [2.24, 2.45) is 0 Å². The van der Waals surface area contributed by atoms with Gasteiger partial charge in [0.1, 0.15) is 54.9 Å². The van der Waals surface area contributed by atoms with Gasteiger partial charge in [-0.2, -0.15) is 0 Å². The van der Waals surface area contributed by atoms with Crippen LogP contribution in [-0.2, 0) is 4.74 Å². The Hall–Kier alpha value is -1.12. The average molecular weight is 887 g/mol. The molecule has 1 aliphatic rings. The molecule has 1 unspecified atom stereocenters. The Morgan fingerprint density at radius 3 is 0.310 bits per heavy atom. The molecule has 0 amide bonds. The van der Waals surface area contributed by atoms with E-state index in [1.165, 1.54) is 0 Å². The van der Waals surface area contributed by atoms with Gasteiger partial charge < -0.3 is 143 Å². The second-order valence-corrected chi connectivity index (χ2v) is 10.3. The third kappa shape index (κ3) is 111. The third-order valence-corrected chi connectivity index (χ3v) is 4.29. The fourth-order valence-corrected chi connectivity index (χ4v) is 0.616. The van der Waals surface area contributed by atoms with Gasteiger partial charge in [0, 0.05) is 0 Å². The molecule has 1 rings (SSSR count). The molecule has 0 aromatic carbocycles. The second kappa shape index (κ2) is 70.4. The largest absolute Gasteiger partial charge is 0.394 e. The molecule has 27 N–H and O–H groups in total. The number of aliphatic hydroxyl groups excluding tert-OH is 27. The Morgan fingerprint density at radius 1 is 0.259 bits per heavy atom. The van der Waals surface area contributed by atoms with Crippen molar-refractivity contribution in [2.75, 3.05) is 126 Å². The van der Waals surface area contributed by atoms with E-state index >= 15 is 0 Å². The first-order chi connectivity index (χ1) is 27.2. The van der Waals surface area contributed by atoms with Crippen molar-refractivity contribution in [3.05, 3.63) is 0 Å².